The Balaban J connectivity index is -0.0000000113. The third kappa shape index (κ3) is 133. The van der Waals surface area contributed by atoms with Gasteiger partial charge in [-0.3, -0.25) is 0 Å². The van der Waals surface area contributed by atoms with Crippen LogP contribution in [0.4, 0.5) is 0 Å². The van der Waals surface area contributed by atoms with E-state index < -0.39 is 9.23 Å². The van der Waals surface area contributed by atoms with Crippen LogP contribution in [0.1, 0.15) is 270 Å². The average Bonchev–Trinajstić information content (AvgIpc) is 3.10. The maximum atomic E-state index is 5.82. The summed E-state index contributed by atoms with van der Waals surface area (Å²) in [6.45, 7) is 19.6. The second-order valence-corrected chi connectivity index (χ2v) is 183. The van der Waals surface area contributed by atoms with Gasteiger partial charge in [0.25, 0.3) is 0 Å². The van der Waals surface area contributed by atoms with Crippen LogP contribution >= 0.6 is 363 Å². The van der Waals surface area contributed by atoms with E-state index in [4.69, 9.17) is 71.3 Å². The lowest BCUT2D eigenvalue weighted by Gasteiger charge is -2.41. The van der Waals surface area contributed by atoms with E-state index in [9.17, 15) is 0 Å². The van der Waals surface area contributed by atoms with Crippen molar-refractivity contribution in [3.05, 3.63) is 0 Å². The van der Waals surface area contributed by atoms with E-state index in [2.05, 4.69) is 179 Å². The maximum Gasteiger partial charge on any atom is 0.0967 e. The van der Waals surface area contributed by atoms with Gasteiger partial charge < -0.3 is 0 Å². The topological polar surface area (TPSA) is 0 Å². The maximum absolute atomic E-state index is 5.82. The SMILES string of the molecule is C.C.C.C.C.C.C.C.C.C.C.C.C.C.C.C.C.C.C.C.C.C.C.C.C.C.C.CC.CC.CC.CC.CC.ClCCl.PP(P)P(PP(P(P(P)P)P(P)P)P(P)P(P)(=S)S)P(P)P.PP(P)P(PP(P(P(P)P)P(P)P)P(P)P(P)(=S)S)P(P)P. The first kappa shape index (κ1) is 232. The molecule has 0 radical (unpaired) electrons. The second-order valence-electron chi connectivity index (χ2n) is 6.85. The number of hydrogen-bond donors (Lipinski definition) is 2. The molecule has 0 spiro atoms. The van der Waals surface area contributed by atoms with Crippen LogP contribution in [0.3, 0.4) is 0 Å². The zero-order valence-corrected chi connectivity index (χ0v) is 79.9. The Labute approximate surface area is 654 Å². The smallest absolute Gasteiger partial charge is 0.0967 e. The lowest BCUT2D eigenvalue weighted by atomic mass is 11.0. The van der Waals surface area contributed by atoms with Gasteiger partial charge in [-0.15, -0.1) is 191 Å². The van der Waals surface area contributed by atoms with Crippen molar-refractivity contribution >= 4 is 387 Å². The summed E-state index contributed by atoms with van der Waals surface area (Å²) < 4.78 is -3.11. The van der Waals surface area contributed by atoms with Gasteiger partial charge in [-0.1, -0.05) is 329 Å². The molecule has 0 fully saturated rings. The molecule has 0 N–H and O–H groups in total. The monoisotopic (exact) mass is 2080 g/mol. The van der Waals surface area contributed by atoms with Gasteiger partial charge in [-0.05, 0) is 128 Å². The predicted octanol–water partition coefficient (Wildman–Crippen LogP) is 47.7. The van der Waals surface area contributed by atoms with E-state index in [-0.39, 0.29) is 318 Å². The van der Waals surface area contributed by atoms with Crippen molar-refractivity contribution in [3.8, 4) is 0 Å². The number of alkyl halides is 2. The van der Waals surface area contributed by atoms with Gasteiger partial charge in [0.05, 0.1) is 5.34 Å². The van der Waals surface area contributed by atoms with E-state index in [1.54, 1.807) is 0 Å². The highest BCUT2D eigenvalue weighted by Crippen LogP contribution is 3.28. The standard InChI is InChI=1S/5C2H6.CH2Cl2.27CH4.2H22P20S2/c5*1-2;2-1-3;;;;;;;;;;;;;;;;;;;;;;;;;;;;2*1-12(2)17(13(3)4)11-18(16(9)20(10,21)22)19(14(5)6)15(7)8/h5*1-2H3;1H2;27*1H4;2*11H,1-10H2,(H,21,22). The van der Waals surface area contributed by atoms with Crippen LogP contribution in [0.2, 0.25) is 0 Å². The van der Waals surface area contributed by atoms with Crippen LogP contribution in [0.15, 0.2) is 0 Å². The molecule has 0 rings (SSSR count). The Morgan fingerprint density at radius 1 is 0.274 bits per heavy atom. The largest absolute Gasteiger partial charge is 0.133 e. The fraction of sp³-hybridized carbons (Fsp3) is 1.00. The highest BCUT2D eigenvalue weighted by molar-refractivity contribution is 9.36. The van der Waals surface area contributed by atoms with Crippen molar-refractivity contribution in [1.29, 1.82) is 0 Å². The molecule has 28 atom stereocenters. The molecule has 0 aliphatic carbocycles. The number of thiol groups is 2. The normalized spacial score (nSPS) is 10.7. The Morgan fingerprint density at radius 3 is 0.429 bits per heavy atom. The molecule has 0 aromatic heterocycles. The predicted molar refractivity (Wildman–Crippen MR) is 623 cm³/mol. The van der Waals surface area contributed by atoms with Crippen LogP contribution in [-0.4, -0.2) is 5.34 Å². The molecule has 0 nitrogen and oxygen atoms in total. The number of halogens is 2. The van der Waals surface area contributed by atoms with Gasteiger partial charge in [-0.2, -0.15) is 0 Å². The van der Waals surface area contributed by atoms with Crippen LogP contribution in [0.25, 0.3) is 0 Å². The summed E-state index contributed by atoms with van der Waals surface area (Å²) in [5.74, 6) is 0. The van der Waals surface area contributed by atoms with Crippen molar-refractivity contribution in [2.75, 3.05) is 5.34 Å². The fourth-order valence-electron chi connectivity index (χ4n) is 1.81. The molecular formula is C38H184Cl2P40S4. The molecule has 0 heterocycles. The van der Waals surface area contributed by atoms with E-state index in [1.165, 1.54) is 0 Å². The van der Waals surface area contributed by atoms with Crippen molar-refractivity contribution < 1.29 is 0 Å². The van der Waals surface area contributed by atoms with Gasteiger partial charge >= 0.3 is 0 Å². The zero-order valence-electron chi connectivity index (χ0n) is 33.8. The molecule has 0 amide bonds. The molecule has 0 bridgehead atoms. The Hall–Kier alpha value is 18.9. The molecule has 46 heteroatoms. The van der Waals surface area contributed by atoms with Gasteiger partial charge in [0, 0.05) is 9.23 Å². The van der Waals surface area contributed by atoms with Gasteiger partial charge in [0.15, 0.2) is 0 Å². The van der Waals surface area contributed by atoms with Gasteiger partial charge in [0.1, 0.15) is 0 Å². The highest BCUT2D eigenvalue weighted by atomic mass is 35.5. The van der Waals surface area contributed by atoms with Crippen molar-refractivity contribution in [2.45, 2.75) is 270 Å². The lowest BCUT2D eigenvalue weighted by Crippen LogP contribution is -1.54. The van der Waals surface area contributed by atoms with Gasteiger partial charge in [0.2, 0.25) is 0 Å². The minimum Gasteiger partial charge on any atom is -0.133 e. The third-order valence-electron chi connectivity index (χ3n) is 3.37. The highest BCUT2D eigenvalue weighted by Gasteiger charge is 2.40. The van der Waals surface area contributed by atoms with E-state index in [1.807, 2.05) is 69.2 Å². The number of hydrogen-bond acceptors (Lipinski definition) is 2. The third-order valence-corrected chi connectivity index (χ3v) is 273. The van der Waals surface area contributed by atoms with Crippen molar-refractivity contribution in [1.82, 2.24) is 0 Å². The molecule has 0 aromatic rings. The van der Waals surface area contributed by atoms with Crippen LogP contribution in [0.5, 0.6) is 0 Å². The quantitative estimate of drug-likeness (QED) is 0.0797. The van der Waals surface area contributed by atoms with E-state index >= 15 is 0 Å². The minimum absolute atomic E-state index is 0. The molecule has 0 aromatic carbocycles. The summed E-state index contributed by atoms with van der Waals surface area (Å²) in [6.07, 6.45) is 0. The van der Waals surface area contributed by atoms with Crippen LogP contribution in [-0.2, 0) is 23.6 Å². The Morgan fingerprint density at radius 2 is 0.369 bits per heavy atom. The summed E-state index contributed by atoms with van der Waals surface area (Å²) in [7, 11) is 64.1. The first-order chi connectivity index (χ1) is 26.0. The van der Waals surface area contributed by atoms with E-state index in [0.29, 0.717) is 0 Å². The molecule has 84 heavy (non-hydrogen) atoms. The summed E-state index contributed by atoms with van der Waals surface area (Å²) in [6, 6.07) is 0. The average molecular weight is 2080 g/mol. The molecule has 0 aliphatic heterocycles. The molecule has 28 unspecified atom stereocenters. The van der Waals surface area contributed by atoms with Crippen molar-refractivity contribution in [3.63, 3.8) is 0 Å². The first-order valence-electron chi connectivity index (χ1n) is 15.2. The summed E-state index contributed by atoms with van der Waals surface area (Å²) in [5, 5.41) is 0.194. The summed E-state index contributed by atoms with van der Waals surface area (Å²) >= 11 is 30.9. The molecule has 0 saturated carbocycles. The molecular weight excluding hydrogens is 1890 g/mol. The Kier molecular flexibility index (Phi) is 427. The fourth-order valence-corrected chi connectivity index (χ4v) is 441. The summed E-state index contributed by atoms with van der Waals surface area (Å²) in [4.78, 5) is 0. The van der Waals surface area contributed by atoms with Crippen LogP contribution < -0.4 is 0 Å². The molecule has 574 valence electrons. The Bertz CT molecular complexity index is 846. The zero-order chi connectivity index (χ0) is 48.4. The van der Waals surface area contributed by atoms with Crippen molar-refractivity contribution in [2.24, 2.45) is 0 Å². The number of rotatable bonds is 18. The molecule has 0 saturated heterocycles. The first-order valence-corrected chi connectivity index (χ1v) is 93.2. The second kappa shape index (κ2) is 155. The van der Waals surface area contributed by atoms with E-state index in [0.717, 1.165) is 15.9 Å². The van der Waals surface area contributed by atoms with Crippen LogP contribution in [0, 0.1) is 0 Å². The lowest BCUT2D eigenvalue weighted by molar-refractivity contribution is 1.50. The molecule has 0 aliphatic rings. The van der Waals surface area contributed by atoms with Gasteiger partial charge in [-0.25, -0.2) is 0 Å². The minimum atomic E-state index is -1.56. The summed E-state index contributed by atoms with van der Waals surface area (Å²) in [5.41, 5.74) is 0.